The van der Waals surface area contributed by atoms with Crippen molar-refractivity contribution in [2.45, 2.75) is 6.42 Å². The summed E-state index contributed by atoms with van der Waals surface area (Å²) in [5, 5.41) is 23.6. The number of aryl methyl sites for hydroxylation is 2. The SMILES string of the molecule is COCCOCCOCCOc1cc(C(=O)O)nc(-c2nc3cc(Cc4cc5nc(-c6cc(OCCOCCOCCOC)cc(C(=O)O)n6)n(C)c5c5cnccc45)c4ccncc4c3n2C)c1. The van der Waals surface area contributed by atoms with Crippen LogP contribution in [-0.4, -0.2) is 155 Å². The van der Waals surface area contributed by atoms with E-state index in [1.165, 1.54) is 12.1 Å². The largest absolute Gasteiger partial charge is 0.491 e. The topological polar surface area (TPSA) is 236 Å². The number of fused-ring (bicyclic) bond motifs is 6. The zero-order chi connectivity index (χ0) is 48.3. The van der Waals surface area contributed by atoms with Gasteiger partial charge in [0.2, 0.25) is 0 Å². The molecule has 0 aliphatic rings. The van der Waals surface area contributed by atoms with Crippen LogP contribution in [0.2, 0.25) is 0 Å². The minimum Gasteiger partial charge on any atom is -0.491 e. The van der Waals surface area contributed by atoms with Crippen LogP contribution in [0.3, 0.4) is 0 Å². The van der Waals surface area contributed by atoms with Crippen LogP contribution in [0.15, 0.2) is 73.3 Å². The number of ether oxygens (including phenoxy) is 8. The highest BCUT2D eigenvalue weighted by Crippen LogP contribution is 2.37. The fraction of sp³-hybridized carbons (Fsp3) is 0.347. The summed E-state index contributed by atoms with van der Waals surface area (Å²) >= 11 is 0. The van der Waals surface area contributed by atoms with Gasteiger partial charge < -0.3 is 57.2 Å². The summed E-state index contributed by atoms with van der Waals surface area (Å²) in [5.41, 5.74) is 5.05. The van der Waals surface area contributed by atoms with Gasteiger partial charge in [0.05, 0.1) is 88.1 Å². The first kappa shape index (κ1) is 48.3. The molecule has 0 spiro atoms. The standard InChI is InChI=1S/C49H52N8O12/c1-56-44-36-28-50-7-5-34(36)30(22-38(44)54-46(56)40-24-32(26-42(52-40)48(58)59)68-19-17-66-15-13-64-11-9-62-3)21-31-23-39-45(37-29-51-8-6-35(31)37)57(2)47(55-39)41-25-33(27-43(53-41)49(60)61)69-20-18-67-16-14-65-12-10-63-4/h5-8,22-29H,9-21H2,1-4H3,(H,58,59)(H,60,61). The van der Waals surface area contributed by atoms with Crippen molar-refractivity contribution in [3.63, 3.8) is 0 Å². The van der Waals surface area contributed by atoms with Gasteiger partial charge in [0, 0.05) is 88.1 Å². The highest BCUT2D eigenvalue weighted by molar-refractivity contribution is 6.09. The Hall–Kier alpha value is -7.20. The van der Waals surface area contributed by atoms with Crippen molar-refractivity contribution in [1.29, 1.82) is 0 Å². The lowest BCUT2D eigenvalue weighted by atomic mass is 9.95. The van der Waals surface area contributed by atoms with Gasteiger partial charge in [-0.05, 0) is 52.6 Å². The molecule has 20 nitrogen and oxygen atoms in total. The first-order valence-electron chi connectivity index (χ1n) is 22.1. The Morgan fingerprint density at radius 2 is 0.899 bits per heavy atom. The number of carbonyl (C=O) groups is 2. The number of rotatable bonds is 26. The summed E-state index contributed by atoms with van der Waals surface area (Å²) in [6, 6.07) is 14.1. The predicted molar refractivity (Wildman–Crippen MR) is 253 cm³/mol. The van der Waals surface area contributed by atoms with Crippen LogP contribution in [0.1, 0.15) is 32.1 Å². The van der Waals surface area contributed by atoms with Crippen LogP contribution in [0.4, 0.5) is 0 Å². The van der Waals surface area contributed by atoms with Crippen LogP contribution >= 0.6 is 0 Å². The minimum absolute atomic E-state index is 0.175. The van der Waals surface area contributed by atoms with Gasteiger partial charge in [0.15, 0.2) is 23.0 Å². The van der Waals surface area contributed by atoms with Crippen LogP contribution in [0.5, 0.6) is 11.5 Å². The summed E-state index contributed by atoms with van der Waals surface area (Å²) in [6.07, 6.45) is 7.54. The number of hydrogen-bond donors (Lipinski definition) is 2. The van der Waals surface area contributed by atoms with Crippen LogP contribution < -0.4 is 9.47 Å². The van der Waals surface area contributed by atoms with Gasteiger partial charge >= 0.3 is 11.9 Å². The van der Waals surface area contributed by atoms with Crippen molar-refractivity contribution in [2.75, 3.05) is 93.5 Å². The number of imidazole rings is 2. The van der Waals surface area contributed by atoms with E-state index in [1.807, 2.05) is 47.5 Å². The maximum absolute atomic E-state index is 12.3. The number of aromatic carboxylic acids is 2. The molecule has 360 valence electrons. The van der Waals surface area contributed by atoms with E-state index in [-0.39, 0.29) is 37.8 Å². The molecule has 6 aromatic heterocycles. The second-order valence-electron chi connectivity index (χ2n) is 15.7. The summed E-state index contributed by atoms with van der Waals surface area (Å²) < 4.78 is 47.7. The third-order valence-electron chi connectivity index (χ3n) is 11.2. The van der Waals surface area contributed by atoms with Crippen LogP contribution in [-0.2, 0) is 48.9 Å². The van der Waals surface area contributed by atoms with Gasteiger partial charge in [0.1, 0.15) is 36.1 Å². The Bertz CT molecular complexity index is 2900. The van der Waals surface area contributed by atoms with Gasteiger partial charge in [0.25, 0.3) is 0 Å². The van der Waals surface area contributed by atoms with E-state index in [4.69, 9.17) is 47.9 Å². The number of hydrogen-bond acceptors (Lipinski definition) is 16. The molecule has 8 rings (SSSR count). The van der Waals surface area contributed by atoms with Gasteiger partial charge in [-0.25, -0.2) is 29.5 Å². The van der Waals surface area contributed by atoms with E-state index in [1.54, 1.807) is 51.1 Å². The number of benzene rings is 2. The van der Waals surface area contributed by atoms with E-state index >= 15 is 0 Å². The Morgan fingerprint density at radius 1 is 0.507 bits per heavy atom. The minimum atomic E-state index is -1.21. The zero-order valence-corrected chi connectivity index (χ0v) is 38.7. The van der Waals surface area contributed by atoms with E-state index < -0.39 is 11.9 Å². The van der Waals surface area contributed by atoms with Crippen LogP contribution in [0.25, 0.3) is 66.6 Å². The molecule has 2 N–H and O–H groups in total. The molecular weight excluding hydrogens is 893 g/mol. The third kappa shape index (κ3) is 11.2. The molecule has 2 aromatic carbocycles. The second-order valence-corrected chi connectivity index (χ2v) is 15.7. The molecule has 0 unspecified atom stereocenters. The molecule has 0 atom stereocenters. The van der Waals surface area contributed by atoms with Gasteiger partial charge in [-0.3, -0.25) is 9.97 Å². The van der Waals surface area contributed by atoms with Crippen molar-refractivity contribution in [1.82, 2.24) is 39.0 Å². The summed E-state index contributed by atoms with van der Waals surface area (Å²) in [4.78, 5) is 52.5. The molecule has 69 heavy (non-hydrogen) atoms. The van der Waals surface area contributed by atoms with Crippen molar-refractivity contribution in [3.05, 3.63) is 95.8 Å². The predicted octanol–water partition coefficient (Wildman–Crippen LogP) is 5.78. The fourth-order valence-corrected chi connectivity index (χ4v) is 8.04. The molecular formula is C49H52N8O12. The molecule has 0 radical (unpaired) electrons. The van der Waals surface area contributed by atoms with Crippen molar-refractivity contribution < 1.29 is 57.7 Å². The average Bonchev–Trinajstić information content (AvgIpc) is 3.88. The van der Waals surface area contributed by atoms with Gasteiger partial charge in [-0.2, -0.15) is 0 Å². The Labute approximate surface area is 395 Å². The number of pyridine rings is 4. The lowest BCUT2D eigenvalue weighted by Crippen LogP contribution is -2.13. The number of methoxy groups -OCH3 is 2. The molecule has 0 saturated heterocycles. The highest BCUT2D eigenvalue weighted by Gasteiger charge is 2.22. The zero-order valence-electron chi connectivity index (χ0n) is 38.7. The van der Waals surface area contributed by atoms with E-state index in [9.17, 15) is 19.8 Å². The summed E-state index contributed by atoms with van der Waals surface area (Å²) in [5.74, 6) is -0.931. The molecule has 8 aromatic rings. The van der Waals surface area contributed by atoms with E-state index in [2.05, 4.69) is 19.9 Å². The quantitative estimate of drug-likeness (QED) is 0.0612. The average molecular weight is 945 g/mol. The highest BCUT2D eigenvalue weighted by atomic mass is 16.6. The van der Waals surface area contributed by atoms with Crippen LogP contribution in [0, 0.1) is 0 Å². The molecule has 0 aliphatic carbocycles. The second kappa shape index (κ2) is 22.7. The molecule has 6 heterocycles. The lowest BCUT2D eigenvalue weighted by Gasteiger charge is -2.12. The van der Waals surface area contributed by atoms with Gasteiger partial charge in [-0.1, -0.05) is 0 Å². The lowest BCUT2D eigenvalue weighted by molar-refractivity contribution is 0.0179. The monoisotopic (exact) mass is 944 g/mol. The Balaban J connectivity index is 1.09. The number of carboxylic acid groups (broad SMARTS) is 2. The summed E-state index contributed by atoms with van der Waals surface area (Å²) in [7, 11) is 6.93. The summed E-state index contributed by atoms with van der Waals surface area (Å²) in [6.45, 7) is 4.39. The maximum Gasteiger partial charge on any atom is 0.354 e. The molecule has 20 heteroatoms. The first-order chi connectivity index (χ1) is 33.6. The number of carboxylic acids is 2. The van der Waals surface area contributed by atoms with Gasteiger partial charge in [-0.15, -0.1) is 0 Å². The fourth-order valence-electron chi connectivity index (χ4n) is 8.04. The Kier molecular flexibility index (Phi) is 15.9. The smallest absolute Gasteiger partial charge is 0.354 e. The Morgan fingerprint density at radius 3 is 1.29 bits per heavy atom. The van der Waals surface area contributed by atoms with Crippen molar-refractivity contribution >= 4 is 55.6 Å². The van der Waals surface area contributed by atoms with E-state index in [0.717, 1.165) is 43.7 Å². The number of nitrogens with zero attached hydrogens (tertiary/aromatic N) is 8. The van der Waals surface area contributed by atoms with Crippen molar-refractivity contribution in [2.24, 2.45) is 14.1 Å². The first-order valence-corrected chi connectivity index (χ1v) is 22.1. The molecule has 0 amide bonds. The number of aromatic nitrogens is 8. The third-order valence-corrected chi connectivity index (χ3v) is 11.2. The molecule has 0 bridgehead atoms. The van der Waals surface area contributed by atoms with Crippen molar-refractivity contribution in [3.8, 4) is 34.5 Å². The normalized spacial score (nSPS) is 11.7. The molecule has 0 aliphatic heterocycles. The molecule has 0 fully saturated rings. The molecule has 0 saturated carbocycles. The van der Waals surface area contributed by atoms with E-state index in [0.29, 0.717) is 105 Å². The maximum atomic E-state index is 12.3.